The van der Waals surface area contributed by atoms with Gasteiger partial charge in [0, 0.05) is 26.2 Å². The zero-order valence-electron chi connectivity index (χ0n) is 14.1. The van der Waals surface area contributed by atoms with Gasteiger partial charge >= 0.3 is 6.03 Å². The first kappa shape index (κ1) is 16.7. The van der Waals surface area contributed by atoms with Gasteiger partial charge in [0.1, 0.15) is 5.82 Å². The van der Waals surface area contributed by atoms with Gasteiger partial charge in [0.2, 0.25) is 0 Å². The number of rotatable bonds is 2. The molecular formula is C20H18FN3O. The largest absolute Gasteiger partial charge is 0.331 e. The minimum atomic E-state index is -0.385. The van der Waals surface area contributed by atoms with E-state index in [1.807, 2.05) is 36.4 Å². The number of halogens is 1. The molecule has 2 aromatic carbocycles. The molecule has 2 aromatic rings. The fraction of sp³-hybridized carbons (Fsp3) is 0.200. The summed E-state index contributed by atoms with van der Waals surface area (Å²) in [6, 6.07) is 13.6. The van der Waals surface area contributed by atoms with Gasteiger partial charge in [0.15, 0.2) is 5.69 Å². The van der Waals surface area contributed by atoms with Crippen LogP contribution in [0.1, 0.15) is 17.2 Å². The van der Waals surface area contributed by atoms with Crippen LogP contribution >= 0.6 is 0 Å². The molecule has 0 fully saturated rings. The van der Waals surface area contributed by atoms with E-state index in [1.165, 1.54) is 17.0 Å². The summed E-state index contributed by atoms with van der Waals surface area (Å²) in [7, 11) is 3.39. The molecule has 1 aliphatic rings. The highest BCUT2D eigenvalue weighted by Gasteiger charge is 2.32. The fourth-order valence-electron chi connectivity index (χ4n) is 2.99. The maximum absolute atomic E-state index is 14.3. The van der Waals surface area contributed by atoms with Crippen molar-refractivity contribution in [3.63, 3.8) is 0 Å². The van der Waals surface area contributed by atoms with Crippen molar-refractivity contribution in [1.29, 1.82) is 0 Å². The van der Waals surface area contributed by atoms with Crippen LogP contribution in [0.3, 0.4) is 0 Å². The summed E-state index contributed by atoms with van der Waals surface area (Å²) in [5.74, 6) is -0.385. The second kappa shape index (κ2) is 6.78. The van der Waals surface area contributed by atoms with Crippen LogP contribution in [0.5, 0.6) is 0 Å². The van der Waals surface area contributed by atoms with Crippen LogP contribution in [0.2, 0.25) is 0 Å². The summed E-state index contributed by atoms with van der Waals surface area (Å²) in [5, 5.41) is 0. The lowest BCUT2D eigenvalue weighted by molar-refractivity contribution is 0.170. The summed E-state index contributed by atoms with van der Waals surface area (Å²) in [6.45, 7) is 7.43. The number of hydrogen-bond acceptors (Lipinski definition) is 1. The molecule has 0 spiro atoms. The lowest BCUT2D eigenvalue weighted by atomic mass is 10.0. The molecule has 0 aromatic heterocycles. The minimum absolute atomic E-state index is 0.137. The Bertz CT molecular complexity index is 868. The van der Waals surface area contributed by atoms with Gasteiger partial charge in [-0.1, -0.05) is 42.5 Å². The quantitative estimate of drug-likeness (QED) is 0.743. The zero-order valence-corrected chi connectivity index (χ0v) is 14.1. The molecule has 5 heteroatoms. The normalized spacial score (nSPS) is 16.3. The first-order chi connectivity index (χ1) is 12.0. The van der Waals surface area contributed by atoms with Crippen molar-refractivity contribution in [2.45, 2.75) is 6.04 Å². The Balaban J connectivity index is 2.05. The summed E-state index contributed by atoms with van der Waals surface area (Å²) in [6.07, 6.45) is 1.91. The van der Waals surface area contributed by atoms with Crippen molar-refractivity contribution in [1.82, 2.24) is 9.80 Å². The number of carbonyl (C=O) groups excluding carboxylic acids is 1. The van der Waals surface area contributed by atoms with Gasteiger partial charge in [0.25, 0.3) is 0 Å². The Kier molecular flexibility index (Phi) is 4.53. The van der Waals surface area contributed by atoms with Gasteiger partial charge in [-0.15, -0.1) is 0 Å². The fourth-order valence-corrected chi connectivity index (χ4v) is 2.99. The molecule has 0 saturated carbocycles. The van der Waals surface area contributed by atoms with E-state index in [0.717, 1.165) is 5.56 Å². The third kappa shape index (κ3) is 3.24. The number of carbonyl (C=O) groups is 1. The smallest absolute Gasteiger partial charge is 0.320 e. The zero-order chi connectivity index (χ0) is 18.0. The highest BCUT2D eigenvalue weighted by atomic mass is 19.1. The monoisotopic (exact) mass is 335 g/mol. The third-order valence-corrected chi connectivity index (χ3v) is 4.23. The van der Waals surface area contributed by atoms with Crippen molar-refractivity contribution in [3.05, 3.63) is 83.0 Å². The number of hydrogen-bond donors (Lipinski definition) is 0. The first-order valence-corrected chi connectivity index (χ1v) is 7.92. The number of benzene rings is 2. The van der Waals surface area contributed by atoms with Crippen LogP contribution in [0.4, 0.5) is 14.9 Å². The molecule has 0 bridgehead atoms. The first-order valence-electron chi connectivity index (χ1n) is 7.92. The molecule has 4 nitrogen and oxygen atoms in total. The van der Waals surface area contributed by atoms with Gasteiger partial charge in [0.05, 0.1) is 12.6 Å². The van der Waals surface area contributed by atoms with Gasteiger partial charge in [-0.3, -0.25) is 0 Å². The maximum Gasteiger partial charge on any atom is 0.320 e. The molecule has 126 valence electrons. The summed E-state index contributed by atoms with van der Waals surface area (Å²) >= 11 is 0. The Morgan fingerprint density at radius 3 is 2.60 bits per heavy atom. The molecular weight excluding hydrogens is 317 g/mol. The summed E-state index contributed by atoms with van der Waals surface area (Å²) in [5.41, 5.74) is 2.44. The van der Waals surface area contributed by atoms with Gasteiger partial charge in [-0.25, -0.2) is 14.0 Å². The van der Waals surface area contributed by atoms with Crippen LogP contribution < -0.4 is 0 Å². The van der Waals surface area contributed by atoms with Gasteiger partial charge in [-0.2, -0.15) is 0 Å². The van der Waals surface area contributed by atoms with Crippen LogP contribution in [-0.4, -0.2) is 36.5 Å². The number of nitrogens with zero attached hydrogens (tertiary/aromatic N) is 3. The van der Waals surface area contributed by atoms with E-state index in [0.29, 0.717) is 23.4 Å². The van der Waals surface area contributed by atoms with Crippen LogP contribution in [0.15, 0.2) is 54.6 Å². The van der Waals surface area contributed by atoms with Crippen molar-refractivity contribution < 1.29 is 9.18 Å². The van der Waals surface area contributed by atoms with Crippen molar-refractivity contribution >= 4 is 17.3 Å². The third-order valence-electron chi connectivity index (χ3n) is 4.23. The van der Waals surface area contributed by atoms with Crippen molar-refractivity contribution in [2.75, 3.05) is 20.6 Å². The lowest BCUT2D eigenvalue weighted by Crippen LogP contribution is -2.39. The standard InChI is InChI=1S/C20H18FN3O/c1-22-16-9-10-18(21)17(12-16)15-11-19(14-7-5-4-6-8-14)24(13-15)20(25)23(2)3/h4-12,19H,13H2,2-3H3. The van der Waals surface area contributed by atoms with E-state index in [1.54, 1.807) is 25.1 Å². The van der Waals surface area contributed by atoms with Gasteiger partial charge < -0.3 is 9.80 Å². The SMILES string of the molecule is [C-]#[N+]c1ccc(F)c(C2=CC(c3ccccc3)N(C(=O)N(C)C)C2)c1. The predicted molar refractivity (Wildman–Crippen MR) is 95.6 cm³/mol. The Morgan fingerprint density at radius 2 is 1.96 bits per heavy atom. The molecule has 3 rings (SSSR count). The van der Waals surface area contributed by atoms with Crippen LogP contribution in [0, 0.1) is 12.4 Å². The number of amides is 2. The van der Waals surface area contributed by atoms with E-state index in [9.17, 15) is 9.18 Å². The molecule has 1 atom stereocenters. The molecule has 2 amide bonds. The maximum atomic E-state index is 14.3. The summed E-state index contributed by atoms with van der Waals surface area (Å²) < 4.78 is 14.3. The highest BCUT2D eigenvalue weighted by Crippen LogP contribution is 2.36. The van der Waals surface area contributed by atoms with Crippen LogP contribution in [-0.2, 0) is 0 Å². The highest BCUT2D eigenvalue weighted by molar-refractivity contribution is 5.82. The second-order valence-electron chi connectivity index (χ2n) is 6.13. The van der Waals surface area contributed by atoms with E-state index in [2.05, 4.69) is 4.85 Å². The Morgan fingerprint density at radius 1 is 1.24 bits per heavy atom. The minimum Gasteiger partial charge on any atom is -0.331 e. The molecule has 1 aliphatic heterocycles. The van der Waals surface area contributed by atoms with E-state index >= 15 is 0 Å². The topological polar surface area (TPSA) is 27.9 Å². The molecule has 1 heterocycles. The van der Waals surface area contributed by atoms with Crippen LogP contribution in [0.25, 0.3) is 10.4 Å². The molecule has 0 saturated heterocycles. The molecule has 0 N–H and O–H groups in total. The van der Waals surface area contributed by atoms with Crippen molar-refractivity contribution in [3.8, 4) is 0 Å². The van der Waals surface area contributed by atoms with E-state index in [4.69, 9.17) is 6.57 Å². The predicted octanol–water partition coefficient (Wildman–Crippen LogP) is 4.50. The molecule has 0 radical (unpaired) electrons. The van der Waals surface area contributed by atoms with Gasteiger partial charge in [-0.05, 0) is 23.3 Å². The average Bonchev–Trinajstić information content (AvgIpc) is 3.07. The second-order valence-corrected chi connectivity index (χ2v) is 6.13. The number of urea groups is 1. The van der Waals surface area contributed by atoms with E-state index < -0.39 is 0 Å². The Labute approximate surface area is 146 Å². The lowest BCUT2D eigenvalue weighted by Gasteiger charge is -2.28. The Hall–Kier alpha value is -3.13. The van der Waals surface area contributed by atoms with E-state index in [-0.39, 0.29) is 17.9 Å². The molecule has 25 heavy (non-hydrogen) atoms. The average molecular weight is 335 g/mol. The van der Waals surface area contributed by atoms with Crippen molar-refractivity contribution in [2.24, 2.45) is 0 Å². The summed E-state index contributed by atoms with van der Waals surface area (Å²) in [4.78, 5) is 19.2. The molecule has 1 unspecified atom stereocenters. The molecule has 0 aliphatic carbocycles.